The summed E-state index contributed by atoms with van der Waals surface area (Å²) in [5.41, 5.74) is 1.13. The Labute approximate surface area is 95.8 Å². The van der Waals surface area contributed by atoms with E-state index in [1.54, 1.807) is 0 Å². The second-order valence-corrected chi connectivity index (χ2v) is 4.41. The van der Waals surface area contributed by atoms with Crippen LogP contribution < -0.4 is 5.32 Å². The van der Waals surface area contributed by atoms with Crippen LogP contribution in [0.15, 0.2) is 24.3 Å². The molecule has 88 valence electrons. The summed E-state index contributed by atoms with van der Waals surface area (Å²) in [6.07, 6.45) is 1.14. The van der Waals surface area contributed by atoms with Crippen LogP contribution in [0, 0.1) is 11.7 Å². The normalized spacial score (nSPS) is 22.2. The summed E-state index contributed by atoms with van der Waals surface area (Å²) in [7, 11) is 0. The lowest BCUT2D eigenvalue weighted by Gasteiger charge is -2.16. The van der Waals surface area contributed by atoms with Crippen LogP contribution in [0.1, 0.15) is 24.9 Å². The largest absolute Gasteiger partial charge is 0.381 e. The monoisotopic (exact) mass is 223 g/mol. The summed E-state index contributed by atoms with van der Waals surface area (Å²) in [4.78, 5) is 0. The molecule has 3 heteroatoms. The van der Waals surface area contributed by atoms with Gasteiger partial charge in [0.2, 0.25) is 0 Å². The SMILES string of the molecule is C[C@H](NCC1CCOC1)c1ccc(F)cc1. The lowest BCUT2D eigenvalue weighted by Crippen LogP contribution is -2.25. The van der Waals surface area contributed by atoms with Crippen LogP contribution in [0.5, 0.6) is 0 Å². The van der Waals surface area contributed by atoms with Crippen LogP contribution in [0.4, 0.5) is 4.39 Å². The number of benzene rings is 1. The van der Waals surface area contributed by atoms with Crippen LogP contribution in [0.25, 0.3) is 0 Å². The highest BCUT2D eigenvalue weighted by Crippen LogP contribution is 2.15. The number of halogens is 1. The summed E-state index contributed by atoms with van der Waals surface area (Å²) in [5.74, 6) is 0.447. The van der Waals surface area contributed by atoms with E-state index in [0.29, 0.717) is 5.92 Å². The predicted octanol–water partition coefficient (Wildman–Crippen LogP) is 2.51. The molecule has 0 saturated carbocycles. The maximum atomic E-state index is 12.7. The zero-order valence-corrected chi connectivity index (χ0v) is 9.58. The molecule has 1 heterocycles. The van der Waals surface area contributed by atoms with Gasteiger partial charge in [0.1, 0.15) is 5.82 Å². The molecule has 16 heavy (non-hydrogen) atoms. The van der Waals surface area contributed by atoms with E-state index in [9.17, 15) is 4.39 Å². The summed E-state index contributed by atoms with van der Waals surface area (Å²) in [6.45, 7) is 4.82. The Morgan fingerprint density at radius 2 is 2.19 bits per heavy atom. The quantitative estimate of drug-likeness (QED) is 0.846. The molecule has 1 fully saturated rings. The summed E-state index contributed by atoms with van der Waals surface area (Å²) in [6, 6.07) is 6.94. The van der Waals surface area contributed by atoms with Gasteiger partial charge in [-0.05, 0) is 37.0 Å². The molecule has 2 nitrogen and oxygen atoms in total. The lowest BCUT2D eigenvalue weighted by atomic mass is 10.1. The van der Waals surface area contributed by atoms with Crippen LogP contribution in [0.3, 0.4) is 0 Å². The molecule has 1 N–H and O–H groups in total. The van der Waals surface area contributed by atoms with Crippen molar-refractivity contribution < 1.29 is 9.13 Å². The van der Waals surface area contributed by atoms with Crippen molar-refractivity contribution in [2.45, 2.75) is 19.4 Å². The van der Waals surface area contributed by atoms with Crippen LogP contribution >= 0.6 is 0 Å². The number of ether oxygens (including phenoxy) is 1. The van der Waals surface area contributed by atoms with Gasteiger partial charge >= 0.3 is 0 Å². The molecule has 0 radical (unpaired) electrons. The van der Waals surface area contributed by atoms with E-state index < -0.39 is 0 Å². The number of hydrogen-bond donors (Lipinski definition) is 1. The molecule has 1 aliphatic rings. The molecular weight excluding hydrogens is 205 g/mol. The lowest BCUT2D eigenvalue weighted by molar-refractivity contribution is 0.184. The minimum absolute atomic E-state index is 0.180. The molecule has 1 saturated heterocycles. The Bertz CT molecular complexity index is 319. The molecule has 2 rings (SSSR count). The second kappa shape index (κ2) is 5.41. The van der Waals surface area contributed by atoms with E-state index in [0.717, 1.165) is 31.7 Å². The third-order valence-corrected chi connectivity index (χ3v) is 3.11. The third-order valence-electron chi connectivity index (χ3n) is 3.11. The van der Waals surface area contributed by atoms with E-state index in [4.69, 9.17) is 4.74 Å². The molecule has 1 unspecified atom stereocenters. The first kappa shape index (κ1) is 11.6. The molecule has 0 aliphatic carbocycles. The van der Waals surface area contributed by atoms with Gasteiger partial charge in [-0.1, -0.05) is 12.1 Å². The Morgan fingerprint density at radius 1 is 1.44 bits per heavy atom. The van der Waals surface area contributed by atoms with Gasteiger partial charge in [0.15, 0.2) is 0 Å². The molecule has 0 spiro atoms. The van der Waals surface area contributed by atoms with Crippen molar-refractivity contribution in [3.8, 4) is 0 Å². The first-order valence-electron chi connectivity index (χ1n) is 5.82. The Kier molecular flexibility index (Phi) is 3.91. The smallest absolute Gasteiger partial charge is 0.123 e. The van der Waals surface area contributed by atoms with Crippen molar-refractivity contribution in [1.82, 2.24) is 5.32 Å². The summed E-state index contributed by atoms with van der Waals surface area (Å²) >= 11 is 0. The first-order valence-corrected chi connectivity index (χ1v) is 5.82. The van der Waals surface area contributed by atoms with Gasteiger partial charge in [0, 0.05) is 19.2 Å². The van der Waals surface area contributed by atoms with E-state index in [2.05, 4.69) is 12.2 Å². The molecule has 1 aliphatic heterocycles. The topological polar surface area (TPSA) is 21.3 Å². The fraction of sp³-hybridized carbons (Fsp3) is 0.538. The van der Waals surface area contributed by atoms with Crippen molar-refractivity contribution in [2.75, 3.05) is 19.8 Å². The van der Waals surface area contributed by atoms with Crippen LogP contribution in [-0.2, 0) is 4.74 Å². The average Bonchev–Trinajstić information content (AvgIpc) is 2.80. The third kappa shape index (κ3) is 3.03. The van der Waals surface area contributed by atoms with Crippen molar-refractivity contribution in [3.05, 3.63) is 35.6 Å². The molecule has 2 atom stereocenters. The molecule has 0 bridgehead atoms. The highest BCUT2D eigenvalue weighted by Gasteiger charge is 2.16. The van der Waals surface area contributed by atoms with Crippen LogP contribution in [0.2, 0.25) is 0 Å². The predicted molar refractivity (Wildman–Crippen MR) is 61.7 cm³/mol. The van der Waals surface area contributed by atoms with Crippen molar-refractivity contribution >= 4 is 0 Å². The molecule has 0 amide bonds. The van der Waals surface area contributed by atoms with Crippen molar-refractivity contribution in [2.24, 2.45) is 5.92 Å². The zero-order valence-electron chi connectivity index (χ0n) is 9.58. The van der Waals surface area contributed by atoms with Gasteiger partial charge in [-0.15, -0.1) is 0 Å². The average molecular weight is 223 g/mol. The van der Waals surface area contributed by atoms with E-state index in [1.165, 1.54) is 12.1 Å². The Hall–Kier alpha value is -0.930. The van der Waals surface area contributed by atoms with Gasteiger partial charge < -0.3 is 10.1 Å². The molecule has 1 aromatic rings. The molecule has 1 aromatic carbocycles. The van der Waals surface area contributed by atoms with Gasteiger partial charge in [-0.25, -0.2) is 4.39 Å². The Morgan fingerprint density at radius 3 is 2.81 bits per heavy atom. The highest BCUT2D eigenvalue weighted by atomic mass is 19.1. The minimum atomic E-state index is -0.180. The fourth-order valence-corrected chi connectivity index (χ4v) is 1.96. The van der Waals surface area contributed by atoms with Crippen molar-refractivity contribution in [3.63, 3.8) is 0 Å². The fourth-order valence-electron chi connectivity index (χ4n) is 1.96. The minimum Gasteiger partial charge on any atom is -0.381 e. The first-order chi connectivity index (χ1) is 7.75. The van der Waals surface area contributed by atoms with E-state index in [-0.39, 0.29) is 11.9 Å². The molecular formula is C13H18FNO. The maximum Gasteiger partial charge on any atom is 0.123 e. The van der Waals surface area contributed by atoms with Crippen molar-refractivity contribution in [1.29, 1.82) is 0 Å². The number of rotatable bonds is 4. The van der Waals surface area contributed by atoms with E-state index >= 15 is 0 Å². The number of nitrogens with one attached hydrogen (secondary N) is 1. The Balaban J connectivity index is 1.82. The van der Waals surface area contributed by atoms with E-state index in [1.807, 2.05) is 12.1 Å². The highest BCUT2D eigenvalue weighted by molar-refractivity contribution is 5.19. The zero-order chi connectivity index (χ0) is 11.4. The molecule has 0 aromatic heterocycles. The number of hydrogen-bond acceptors (Lipinski definition) is 2. The standard InChI is InChI=1S/C13H18FNO/c1-10(12-2-4-13(14)5-3-12)15-8-11-6-7-16-9-11/h2-5,10-11,15H,6-9H2,1H3/t10-,11?/m0/s1. The van der Waals surface area contributed by atoms with Crippen LogP contribution in [-0.4, -0.2) is 19.8 Å². The summed E-state index contributed by atoms with van der Waals surface area (Å²) in [5, 5.41) is 3.46. The van der Waals surface area contributed by atoms with Gasteiger partial charge in [0.25, 0.3) is 0 Å². The summed E-state index contributed by atoms with van der Waals surface area (Å²) < 4.78 is 18.1. The second-order valence-electron chi connectivity index (χ2n) is 4.41. The van der Waals surface area contributed by atoms with Gasteiger partial charge in [-0.3, -0.25) is 0 Å². The maximum absolute atomic E-state index is 12.7. The van der Waals surface area contributed by atoms with Gasteiger partial charge in [-0.2, -0.15) is 0 Å². The van der Waals surface area contributed by atoms with Gasteiger partial charge in [0.05, 0.1) is 6.61 Å².